The molecule has 0 saturated carbocycles. The second-order valence-electron chi connectivity index (χ2n) is 8.72. The number of anilines is 4. The van der Waals surface area contributed by atoms with E-state index in [1.165, 1.54) is 25.7 Å². The van der Waals surface area contributed by atoms with E-state index in [9.17, 15) is 13.2 Å². The Morgan fingerprint density at radius 1 is 0.818 bits per heavy atom. The van der Waals surface area contributed by atoms with Gasteiger partial charge in [0.25, 0.3) is 0 Å². The van der Waals surface area contributed by atoms with Crippen molar-refractivity contribution < 1.29 is 13.2 Å². The summed E-state index contributed by atoms with van der Waals surface area (Å²) in [5.41, 5.74) is 2.95. The van der Waals surface area contributed by atoms with Gasteiger partial charge in [-0.1, -0.05) is 11.6 Å². The molecule has 0 unspecified atom stereocenters. The normalized spacial score (nSPS) is 17.0. The molecule has 2 heterocycles. The Morgan fingerprint density at radius 2 is 1.39 bits per heavy atom. The number of hydrogen-bond donors (Lipinski definition) is 2. The average Bonchev–Trinajstić information content (AvgIpc) is 2.80. The van der Waals surface area contributed by atoms with Crippen molar-refractivity contribution in [1.29, 1.82) is 0 Å². The first-order chi connectivity index (χ1) is 15.9. The van der Waals surface area contributed by atoms with Crippen molar-refractivity contribution >= 4 is 50.3 Å². The van der Waals surface area contributed by atoms with Gasteiger partial charge in [0.2, 0.25) is 15.9 Å². The number of benzene rings is 2. The molecule has 0 aliphatic carbocycles. The molecule has 0 aromatic heterocycles. The quantitative estimate of drug-likeness (QED) is 0.587. The lowest BCUT2D eigenvalue weighted by molar-refractivity contribution is -0.113. The summed E-state index contributed by atoms with van der Waals surface area (Å²) in [6, 6.07) is 12.6. The van der Waals surface area contributed by atoms with Crippen molar-refractivity contribution in [3.8, 4) is 0 Å². The molecule has 2 saturated heterocycles. The van der Waals surface area contributed by atoms with Crippen molar-refractivity contribution in [3.63, 3.8) is 0 Å². The molecule has 0 radical (unpaired) electrons. The van der Waals surface area contributed by atoms with Crippen LogP contribution in [0, 0.1) is 0 Å². The second-order valence-corrected chi connectivity index (χ2v) is 10.8. The monoisotopic (exact) mass is 490 g/mol. The van der Waals surface area contributed by atoms with Crippen molar-refractivity contribution in [3.05, 3.63) is 47.5 Å². The first-order valence-corrected chi connectivity index (χ1v) is 13.6. The third-order valence-electron chi connectivity index (χ3n) is 6.11. The Morgan fingerprint density at radius 3 is 2.00 bits per heavy atom. The summed E-state index contributed by atoms with van der Waals surface area (Å²) < 4.78 is 27.5. The Balaban J connectivity index is 1.32. The Kier molecular flexibility index (Phi) is 7.65. The summed E-state index contributed by atoms with van der Waals surface area (Å²) in [5, 5.41) is 3.18. The van der Waals surface area contributed by atoms with Crippen LogP contribution in [0.15, 0.2) is 42.5 Å². The van der Waals surface area contributed by atoms with Crippen molar-refractivity contribution in [2.45, 2.75) is 38.5 Å². The molecule has 4 rings (SSSR count). The number of rotatable bonds is 7. The van der Waals surface area contributed by atoms with Crippen LogP contribution < -0.4 is 19.8 Å². The zero-order chi connectivity index (χ0) is 23.3. The van der Waals surface area contributed by atoms with Crippen LogP contribution in [0.5, 0.6) is 0 Å². The topological polar surface area (TPSA) is 81.8 Å². The van der Waals surface area contributed by atoms with E-state index >= 15 is 0 Å². The van der Waals surface area contributed by atoms with Gasteiger partial charge in [0.15, 0.2) is 0 Å². The number of piperidine rings is 2. The number of carbonyl (C=O) groups excluding carboxylic acids is 1. The highest BCUT2D eigenvalue weighted by Gasteiger charge is 2.19. The SMILES string of the molecule is O=C(CS(=O)(=O)Nc1ccc(N2CCCCC2)cc1)Nc1ccc(N2CCCCC2)c(Cl)c1. The summed E-state index contributed by atoms with van der Waals surface area (Å²) in [4.78, 5) is 16.9. The number of nitrogens with one attached hydrogen (secondary N) is 2. The molecule has 0 atom stereocenters. The molecule has 7 nitrogen and oxygen atoms in total. The zero-order valence-corrected chi connectivity index (χ0v) is 20.3. The van der Waals surface area contributed by atoms with Gasteiger partial charge in [0, 0.05) is 43.2 Å². The maximum absolute atomic E-state index is 12.5. The fourth-order valence-electron chi connectivity index (χ4n) is 4.45. The molecule has 2 aromatic rings. The van der Waals surface area contributed by atoms with Crippen molar-refractivity contribution in [2.24, 2.45) is 0 Å². The minimum Gasteiger partial charge on any atom is -0.372 e. The van der Waals surface area contributed by atoms with Gasteiger partial charge in [-0.25, -0.2) is 8.42 Å². The van der Waals surface area contributed by atoms with Crippen molar-refractivity contribution in [2.75, 3.05) is 51.8 Å². The van der Waals surface area contributed by atoms with E-state index in [0.717, 1.165) is 50.4 Å². The van der Waals surface area contributed by atoms with E-state index in [2.05, 4.69) is 19.8 Å². The Bertz CT molecular complexity index is 1060. The standard InChI is InChI=1S/C24H31ClN4O3S/c25-22-17-20(9-12-23(22)29-15-5-2-6-16-29)26-24(30)18-33(31,32)27-19-7-10-21(11-8-19)28-13-3-1-4-14-28/h7-12,17,27H,1-6,13-16,18H2,(H,26,30). The van der Waals surface area contributed by atoms with E-state index in [4.69, 9.17) is 11.6 Å². The highest BCUT2D eigenvalue weighted by atomic mass is 35.5. The highest BCUT2D eigenvalue weighted by Crippen LogP contribution is 2.31. The maximum atomic E-state index is 12.5. The van der Waals surface area contributed by atoms with Crippen LogP contribution in [0.1, 0.15) is 38.5 Å². The van der Waals surface area contributed by atoms with Crippen LogP contribution in [0.3, 0.4) is 0 Å². The number of carbonyl (C=O) groups is 1. The van der Waals surface area contributed by atoms with Crippen LogP contribution in [-0.4, -0.2) is 46.3 Å². The molecule has 0 spiro atoms. The molecule has 2 fully saturated rings. The Labute approximate surface area is 201 Å². The number of sulfonamides is 1. The van der Waals surface area contributed by atoms with Gasteiger partial charge in [0.05, 0.1) is 10.7 Å². The minimum atomic E-state index is -3.84. The first-order valence-electron chi connectivity index (χ1n) is 11.6. The number of halogens is 1. The summed E-state index contributed by atoms with van der Waals surface area (Å²) >= 11 is 6.43. The van der Waals surface area contributed by atoms with Gasteiger partial charge in [0.1, 0.15) is 5.75 Å². The predicted molar refractivity (Wildman–Crippen MR) is 136 cm³/mol. The van der Waals surface area contributed by atoms with Crippen LogP contribution >= 0.6 is 11.6 Å². The van der Waals surface area contributed by atoms with Gasteiger partial charge in [-0.05, 0) is 81.0 Å². The fourth-order valence-corrected chi connectivity index (χ4v) is 5.74. The van der Waals surface area contributed by atoms with E-state index in [0.29, 0.717) is 16.4 Å². The van der Waals surface area contributed by atoms with Crippen LogP contribution in [0.25, 0.3) is 0 Å². The van der Waals surface area contributed by atoms with Gasteiger partial charge in [-0.15, -0.1) is 0 Å². The lowest BCUT2D eigenvalue weighted by Crippen LogP contribution is -2.30. The minimum absolute atomic E-state index is 0.442. The molecular formula is C24H31ClN4O3S. The number of hydrogen-bond acceptors (Lipinski definition) is 5. The molecule has 2 N–H and O–H groups in total. The second kappa shape index (κ2) is 10.7. The smallest absolute Gasteiger partial charge is 0.241 e. The largest absolute Gasteiger partial charge is 0.372 e. The van der Waals surface area contributed by atoms with Gasteiger partial charge < -0.3 is 15.1 Å². The third-order valence-corrected chi connectivity index (χ3v) is 7.60. The van der Waals surface area contributed by atoms with Crippen LogP contribution in [0.4, 0.5) is 22.7 Å². The fraction of sp³-hybridized carbons (Fsp3) is 0.458. The van der Waals surface area contributed by atoms with E-state index < -0.39 is 21.7 Å². The number of amides is 1. The molecular weight excluding hydrogens is 460 g/mol. The molecule has 2 aliphatic heterocycles. The molecule has 1 amide bonds. The molecule has 33 heavy (non-hydrogen) atoms. The van der Waals surface area contributed by atoms with Gasteiger partial charge >= 0.3 is 0 Å². The average molecular weight is 491 g/mol. The van der Waals surface area contributed by atoms with Crippen molar-refractivity contribution in [1.82, 2.24) is 0 Å². The summed E-state index contributed by atoms with van der Waals surface area (Å²) in [6.45, 7) is 3.98. The third kappa shape index (κ3) is 6.54. The van der Waals surface area contributed by atoms with Crippen LogP contribution in [-0.2, 0) is 14.8 Å². The zero-order valence-electron chi connectivity index (χ0n) is 18.7. The first kappa shape index (κ1) is 23.7. The molecule has 0 bridgehead atoms. The van der Waals surface area contributed by atoms with E-state index in [1.807, 2.05) is 18.2 Å². The molecule has 178 valence electrons. The molecule has 9 heteroatoms. The summed E-state index contributed by atoms with van der Waals surface area (Å²) in [7, 11) is -3.84. The van der Waals surface area contributed by atoms with Gasteiger partial charge in [-0.3, -0.25) is 9.52 Å². The summed E-state index contributed by atoms with van der Waals surface area (Å²) in [5.74, 6) is -1.29. The highest BCUT2D eigenvalue weighted by molar-refractivity contribution is 7.93. The van der Waals surface area contributed by atoms with Gasteiger partial charge in [-0.2, -0.15) is 0 Å². The summed E-state index contributed by atoms with van der Waals surface area (Å²) in [6.07, 6.45) is 7.12. The van der Waals surface area contributed by atoms with Crippen LogP contribution in [0.2, 0.25) is 5.02 Å². The van der Waals surface area contributed by atoms with E-state index in [-0.39, 0.29) is 0 Å². The molecule has 2 aromatic carbocycles. The lowest BCUT2D eigenvalue weighted by atomic mass is 10.1. The predicted octanol–water partition coefficient (Wildman–Crippen LogP) is 4.70. The Hall–Kier alpha value is -2.45. The molecule has 2 aliphatic rings. The maximum Gasteiger partial charge on any atom is 0.241 e. The van der Waals surface area contributed by atoms with E-state index in [1.54, 1.807) is 24.3 Å². The lowest BCUT2D eigenvalue weighted by Gasteiger charge is -2.29. The number of nitrogens with zero attached hydrogens (tertiary/aromatic N) is 2.